The van der Waals surface area contributed by atoms with Crippen LogP contribution >= 0.6 is 11.6 Å². The molecule has 2 fully saturated rings. The van der Waals surface area contributed by atoms with Crippen molar-refractivity contribution in [3.05, 3.63) is 29.4 Å². The number of hydrogen-bond donors (Lipinski definition) is 2. The Hall–Kier alpha value is -1.59. The number of carbonyl (C=O) groups is 1. The number of carbonyl (C=O) groups excluding carboxylic acids is 1. The molecule has 1 aromatic heterocycles. The quantitative estimate of drug-likeness (QED) is 0.830. The van der Waals surface area contributed by atoms with Gasteiger partial charge >= 0.3 is 0 Å². The van der Waals surface area contributed by atoms with E-state index in [1.165, 1.54) is 32.1 Å². The zero-order valence-electron chi connectivity index (χ0n) is 13.3. The van der Waals surface area contributed by atoms with E-state index in [1.807, 2.05) is 18.2 Å². The second-order valence-corrected chi connectivity index (χ2v) is 6.21. The van der Waals surface area contributed by atoms with Crippen LogP contribution in [-0.4, -0.2) is 28.8 Å². The predicted octanol–water partition coefficient (Wildman–Crippen LogP) is 3.82. The van der Waals surface area contributed by atoms with Gasteiger partial charge in [0.15, 0.2) is 0 Å². The molecule has 2 aliphatic rings. The normalized spacial score (nSPS) is 19.6. The lowest BCUT2D eigenvalue weighted by atomic mass is 10.2. The first-order valence-corrected chi connectivity index (χ1v) is 8.54. The summed E-state index contributed by atoms with van der Waals surface area (Å²) in [6, 6.07) is 5.62. The minimum atomic E-state index is -0.331. The third kappa shape index (κ3) is 6.20. The van der Waals surface area contributed by atoms with Crippen LogP contribution in [0.25, 0.3) is 10.9 Å². The van der Waals surface area contributed by atoms with E-state index in [4.69, 9.17) is 22.1 Å². The highest BCUT2D eigenvalue weighted by atomic mass is 35.5. The lowest BCUT2D eigenvalue weighted by Gasteiger charge is -2.00. The van der Waals surface area contributed by atoms with Crippen LogP contribution in [0, 0.1) is 0 Å². The largest absolute Gasteiger partial charge is 0.368 e. The highest BCUT2D eigenvalue weighted by Gasteiger charge is 2.19. The van der Waals surface area contributed by atoms with Crippen LogP contribution in [0.1, 0.15) is 44.9 Å². The summed E-state index contributed by atoms with van der Waals surface area (Å²) in [4.78, 5) is 10.3. The molecule has 1 saturated heterocycles. The molecule has 0 spiro atoms. The van der Waals surface area contributed by atoms with Gasteiger partial charge < -0.3 is 10.5 Å². The van der Waals surface area contributed by atoms with Crippen LogP contribution in [0.5, 0.6) is 0 Å². The molecule has 2 heterocycles. The molecule has 0 radical (unpaired) electrons. The van der Waals surface area contributed by atoms with E-state index in [1.54, 1.807) is 6.20 Å². The monoisotopic (exact) mass is 337 g/mol. The van der Waals surface area contributed by atoms with E-state index in [0.717, 1.165) is 28.8 Å². The Balaban J connectivity index is 0.000000133. The molecule has 1 aliphatic heterocycles. The van der Waals surface area contributed by atoms with Crippen molar-refractivity contribution in [3.63, 3.8) is 0 Å². The van der Waals surface area contributed by atoms with Crippen molar-refractivity contribution in [1.29, 1.82) is 0 Å². The Kier molecular flexibility index (Phi) is 7.36. The fourth-order valence-corrected chi connectivity index (χ4v) is 2.78. The number of primary amides is 1. The average Bonchev–Trinajstić information content (AvgIpc) is 3.30. The minimum Gasteiger partial charge on any atom is -0.368 e. The molecular formula is C17H24ClN3O2. The maximum Gasteiger partial charge on any atom is 0.246 e. The summed E-state index contributed by atoms with van der Waals surface area (Å²) in [5.74, 6) is -0.331. The standard InChI is InChI=1S/C7H5ClN2.C5H9NO2.C5H10/c8-6-1-2-7-5(3-6)4-9-10-7;6-5(7)4-2-1-3-8-4;1-2-4-5-3-1/h1-4H,(H,9,10);4H,1-3H2,(H2,6,7);1-5H2/t;4-;/m.0./s1. The Morgan fingerprint density at radius 2 is 1.91 bits per heavy atom. The summed E-state index contributed by atoms with van der Waals surface area (Å²) >= 11 is 5.73. The van der Waals surface area contributed by atoms with Crippen LogP contribution in [0.3, 0.4) is 0 Å². The van der Waals surface area contributed by atoms with Crippen LogP contribution in [0.2, 0.25) is 5.02 Å². The lowest BCUT2D eigenvalue weighted by molar-refractivity contribution is -0.126. The summed E-state index contributed by atoms with van der Waals surface area (Å²) < 4.78 is 4.94. The molecule has 4 rings (SSSR count). The van der Waals surface area contributed by atoms with Gasteiger partial charge in [0, 0.05) is 17.0 Å². The first-order chi connectivity index (χ1) is 11.2. The summed E-state index contributed by atoms with van der Waals surface area (Å²) in [6.07, 6.45) is 10.7. The summed E-state index contributed by atoms with van der Waals surface area (Å²) in [5.41, 5.74) is 5.95. The van der Waals surface area contributed by atoms with Gasteiger partial charge in [-0.15, -0.1) is 0 Å². The summed E-state index contributed by atoms with van der Waals surface area (Å²) in [6.45, 7) is 0.688. The number of H-pyrrole nitrogens is 1. The fraction of sp³-hybridized carbons (Fsp3) is 0.529. The van der Waals surface area contributed by atoms with Gasteiger partial charge in [-0.3, -0.25) is 9.89 Å². The molecule has 1 atom stereocenters. The molecule has 126 valence electrons. The number of amides is 1. The van der Waals surface area contributed by atoms with Crippen molar-refractivity contribution < 1.29 is 9.53 Å². The lowest BCUT2D eigenvalue weighted by Crippen LogP contribution is -2.27. The van der Waals surface area contributed by atoms with E-state index in [9.17, 15) is 4.79 Å². The maximum atomic E-state index is 10.3. The zero-order chi connectivity index (χ0) is 16.5. The molecule has 1 aromatic carbocycles. The number of aromatic amines is 1. The van der Waals surface area contributed by atoms with E-state index in [2.05, 4.69) is 10.2 Å². The number of hydrogen-bond acceptors (Lipinski definition) is 3. The molecule has 0 bridgehead atoms. The van der Waals surface area contributed by atoms with Gasteiger partial charge in [0.25, 0.3) is 0 Å². The third-order valence-electron chi connectivity index (χ3n) is 3.90. The number of nitrogens with two attached hydrogens (primary N) is 1. The Labute approximate surface area is 141 Å². The van der Waals surface area contributed by atoms with Crippen LogP contribution in [0.4, 0.5) is 0 Å². The molecule has 1 aliphatic carbocycles. The number of aromatic nitrogens is 2. The van der Waals surface area contributed by atoms with Crippen LogP contribution < -0.4 is 5.73 Å². The molecular weight excluding hydrogens is 314 g/mol. The van der Waals surface area contributed by atoms with E-state index in [-0.39, 0.29) is 12.0 Å². The number of nitrogens with one attached hydrogen (secondary N) is 1. The van der Waals surface area contributed by atoms with Crippen molar-refractivity contribution in [3.8, 4) is 0 Å². The number of benzene rings is 1. The van der Waals surface area contributed by atoms with Gasteiger partial charge in [-0.1, -0.05) is 43.7 Å². The second-order valence-electron chi connectivity index (χ2n) is 5.77. The number of halogens is 1. The first kappa shape index (κ1) is 17.8. The molecule has 2 aromatic rings. The van der Waals surface area contributed by atoms with E-state index < -0.39 is 0 Å². The first-order valence-electron chi connectivity index (χ1n) is 8.16. The van der Waals surface area contributed by atoms with Crippen molar-refractivity contribution in [1.82, 2.24) is 10.2 Å². The van der Waals surface area contributed by atoms with Gasteiger partial charge in [0.05, 0.1) is 11.7 Å². The number of fused-ring (bicyclic) bond motifs is 1. The topological polar surface area (TPSA) is 81.0 Å². The third-order valence-corrected chi connectivity index (χ3v) is 4.13. The predicted molar refractivity (Wildman–Crippen MR) is 92.4 cm³/mol. The number of nitrogens with zero attached hydrogens (tertiary/aromatic N) is 1. The average molecular weight is 338 g/mol. The van der Waals surface area contributed by atoms with Crippen molar-refractivity contribution >= 4 is 28.4 Å². The molecule has 3 N–H and O–H groups in total. The van der Waals surface area contributed by atoms with Gasteiger partial charge in [0.1, 0.15) is 6.10 Å². The highest BCUT2D eigenvalue weighted by Crippen LogP contribution is 2.16. The smallest absolute Gasteiger partial charge is 0.246 e. The van der Waals surface area contributed by atoms with Crippen LogP contribution in [-0.2, 0) is 9.53 Å². The van der Waals surface area contributed by atoms with E-state index in [0.29, 0.717) is 6.61 Å². The molecule has 1 amide bonds. The fourth-order valence-electron chi connectivity index (χ4n) is 2.60. The highest BCUT2D eigenvalue weighted by molar-refractivity contribution is 6.31. The molecule has 5 nitrogen and oxygen atoms in total. The zero-order valence-corrected chi connectivity index (χ0v) is 14.0. The van der Waals surface area contributed by atoms with E-state index >= 15 is 0 Å². The van der Waals surface area contributed by atoms with Crippen molar-refractivity contribution in [2.24, 2.45) is 5.73 Å². The van der Waals surface area contributed by atoms with Crippen molar-refractivity contribution in [2.45, 2.75) is 51.0 Å². The Morgan fingerprint density at radius 1 is 1.22 bits per heavy atom. The molecule has 0 unspecified atom stereocenters. The van der Waals surface area contributed by atoms with Gasteiger partial charge in [0.2, 0.25) is 5.91 Å². The van der Waals surface area contributed by atoms with Gasteiger partial charge in [-0.2, -0.15) is 5.10 Å². The number of rotatable bonds is 1. The SMILES string of the molecule is C1CCCC1.Clc1ccc2[nH]ncc2c1.NC(=O)[C@@H]1CCCO1. The molecule has 6 heteroatoms. The molecule has 1 saturated carbocycles. The second kappa shape index (κ2) is 9.53. The van der Waals surface area contributed by atoms with Gasteiger partial charge in [-0.05, 0) is 31.0 Å². The molecule has 23 heavy (non-hydrogen) atoms. The minimum absolute atomic E-state index is 0.296. The summed E-state index contributed by atoms with van der Waals surface area (Å²) in [7, 11) is 0. The maximum absolute atomic E-state index is 10.3. The Bertz CT molecular complexity index is 597. The van der Waals surface area contributed by atoms with Crippen LogP contribution in [0.15, 0.2) is 24.4 Å². The van der Waals surface area contributed by atoms with Gasteiger partial charge in [-0.25, -0.2) is 0 Å². The summed E-state index contributed by atoms with van der Waals surface area (Å²) in [5, 5.41) is 8.49. The number of ether oxygens (including phenoxy) is 1. The van der Waals surface area contributed by atoms with Crippen molar-refractivity contribution in [2.75, 3.05) is 6.61 Å². The Morgan fingerprint density at radius 3 is 2.43 bits per heavy atom.